The van der Waals surface area contributed by atoms with E-state index < -0.39 is 6.10 Å². The number of carbonyl (C=O) groups excluding carboxylic acids is 1. The van der Waals surface area contributed by atoms with Gasteiger partial charge in [-0.25, -0.2) is 4.79 Å². The van der Waals surface area contributed by atoms with Gasteiger partial charge in [0.05, 0.1) is 19.3 Å². The first kappa shape index (κ1) is 13.9. The average Bonchev–Trinajstić information content (AvgIpc) is 2.72. The van der Waals surface area contributed by atoms with Crippen molar-refractivity contribution in [3.8, 4) is 0 Å². The third-order valence-corrected chi connectivity index (χ3v) is 5.90. The van der Waals surface area contributed by atoms with E-state index in [9.17, 15) is 9.90 Å². The summed E-state index contributed by atoms with van der Waals surface area (Å²) in [7, 11) is 1.53. The topological polar surface area (TPSA) is 55.8 Å². The number of cyclic esters (lactones) is 1. The minimum absolute atomic E-state index is 0.0351. The quantitative estimate of drug-likeness (QED) is 0.749. The number of aliphatic hydroxyl groups excluding tert-OH is 1. The Balaban J connectivity index is 2.18. The van der Waals surface area contributed by atoms with Crippen molar-refractivity contribution < 1.29 is 19.4 Å². The molecule has 1 saturated carbocycles. The summed E-state index contributed by atoms with van der Waals surface area (Å²) in [6, 6.07) is 0. The van der Waals surface area contributed by atoms with Gasteiger partial charge in [-0.3, -0.25) is 0 Å². The fraction of sp³-hybridized carbons (Fsp3) is 0.812. The Hall–Kier alpha value is -1.03. The largest absolute Gasteiger partial charge is 0.498 e. The van der Waals surface area contributed by atoms with Crippen molar-refractivity contribution in [1.82, 2.24) is 0 Å². The highest BCUT2D eigenvalue weighted by molar-refractivity contribution is 5.92. The lowest BCUT2D eigenvalue weighted by molar-refractivity contribution is -0.135. The SMILES string of the molecule is COC1=C2C(=O)OC[C@@H]2[C@@]2(C)CCCC(C)(C)[C@@H]2[C@H]1O. The predicted octanol–water partition coefficient (Wildman–Crippen LogP) is 2.27. The molecule has 0 amide bonds. The number of methoxy groups -OCH3 is 1. The summed E-state index contributed by atoms with van der Waals surface area (Å²) in [6.45, 7) is 7.07. The van der Waals surface area contributed by atoms with Crippen LogP contribution < -0.4 is 0 Å². The standard InChI is InChI=1S/C16H24O4/c1-15(2)6-5-7-16(3)9-8-20-14(18)10(9)12(19-4)11(17)13(15)16/h9,11,13,17H,5-8H2,1-4H3/t9-,11-,13-,16+/m0/s1. The summed E-state index contributed by atoms with van der Waals surface area (Å²) in [5.41, 5.74) is 0.523. The van der Waals surface area contributed by atoms with Crippen molar-refractivity contribution in [2.75, 3.05) is 13.7 Å². The molecular formula is C16H24O4. The Morgan fingerprint density at radius 3 is 2.65 bits per heavy atom. The highest BCUT2D eigenvalue weighted by atomic mass is 16.5. The van der Waals surface area contributed by atoms with E-state index in [4.69, 9.17) is 9.47 Å². The molecule has 0 unspecified atom stereocenters. The van der Waals surface area contributed by atoms with Crippen LogP contribution in [0.15, 0.2) is 11.3 Å². The molecule has 20 heavy (non-hydrogen) atoms. The average molecular weight is 280 g/mol. The third-order valence-electron chi connectivity index (χ3n) is 5.90. The minimum atomic E-state index is -0.711. The number of carbonyl (C=O) groups is 1. The van der Waals surface area contributed by atoms with E-state index in [1.165, 1.54) is 7.11 Å². The van der Waals surface area contributed by atoms with E-state index in [-0.39, 0.29) is 28.6 Å². The summed E-state index contributed by atoms with van der Waals surface area (Å²) in [5, 5.41) is 10.8. The van der Waals surface area contributed by atoms with Gasteiger partial charge in [-0.05, 0) is 23.7 Å². The lowest BCUT2D eigenvalue weighted by atomic mass is 9.48. The van der Waals surface area contributed by atoms with Crippen LogP contribution in [0.2, 0.25) is 0 Å². The second-order valence-corrected chi connectivity index (χ2v) is 7.40. The second-order valence-electron chi connectivity index (χ2n) is 7.40. The molecule has 0 aromatic carbocycles. The van der Waals surface area contributed by atoms with Gasteiger partial charge in [-0.15, -0.1) is 0 Å². The molecule has 0 spiro atoms. The zero-order chi connectivity index (χ0) is 14.7. The molecule has 1 aliphatic heterocycles. The van der Waals surface area contributed by atoms with Crippen LogP contribution in [0.5, 0.6) is 0 Å². The first-order valence-corrected chi connectivity index (χ1v) is 7.46. The second kappa shape index (κ2) is 4.23. The van der Waals surface area contributed by atoms with Crippen LogP contribution in [0.3, 0.4) is 0 Å². The van der Waals surface area contributed by atoms with E-state index in [0.29, 0.717) is 17.9 Å². The molecule has 4 atom stereocenters. The van der Waals surface area contributed by atoms with Gasteiger partial charge in [0.2, 0.25) is 0 Å². The summed E-state index contributed by atoms with van der Waals surface area (Å²) in [4.78, 5) is 12.0. The van der Waals surface area contributed by atoms with E-state index in [2.05, 4.69) is 20.8 Å². The molecule has 1 N–H and O–H groups in total. The van der Waals surface area contributed by atoms with E-state index in [0.717, 1.165) is 19.3 Å². The number of rotatable bonds is 1. The van der Waals surface area contributed by atoms with E-state index in [1.54, 1.807) is 0 Å². The smallest absolute Gasteiger partial charge is 0.337 e. The number of fused-ring (bicyclic) bond motifs is 3. The van der Waals surface area contributed by atoms with Crippen molar-refractivity contribution in [3.63, 3.8) is 0 Å². The monoisotopic (exact) mass is 280 g/mol. The molecule has 3 aliphatic rings. The third kappa shape index (κ3) is 1.60. The minimum Gasteiger partial charge on any atom is -0.498 e. The van der Waals surface area contributed by atoms with Gasteiger partial charge in [-0.1, -0.05) is 27.2 Å². The van der Waals surface area contributed by atoms with Crippen molar-refractivity contribution in [3.05, 3.63) is 11.3 Å². The Labute approximate surface area is 120 Å². The highest BCUT2D eigenvalue weighted by Gasteiger charge is 2.61. The Morgan fingerprint density at radius 2 is 2.00 bits per heavy atom. The summed E-state index contributed by atoms with van der Waals surface area (Å²) < 4.78 is 10.7. The first-order chi connectivity index (χ1) is 9.33. The maximum Gasteiger partial charge on any atom is 0.337 e. The van der Waals surface area contributed by atoms with Gasteiger partial charge in [0.15, 0.2) is 0 Å². The van der Waals surface area contributed by atoms with Crippen LogP contribution >= 0.6 is 0 Å². The van der Waals surface area contributed by atoms with Gasteiger partial charge in [0.1, 0.15) is 11.9 Å². The van der Waals surface area contributed by atoms with Crippen LogP contribution in [0.4, 0.5) is 0 Å². The van der Waals surface area contributed by atoms with Gasteiger partial charge < -0.3 is 14.6 Å². The molecule has 2 aliphatic carbocycles. The van der Waals surface area contributed by atoms with Gasteiger partial charge in [-0.2, -0.15) is 0 Å². The normalized spacial score (nSPS) is 42.9. The van der Waals surface area contributed by atoms with Crippen LogP contribution in [0, 0.1) is 22.7 Å². The van der Waals surface area contributed by atoms with E-state index in [1.807, 2.05) is 0 Å². The van der Waals surface area contributed by atoms with Crippen molar-refractivity contribution in [2.24, 2.45) is 22.7 Å². The highest BCUT2D eigenvalue weighted by Crippen LogP contribution is 2.62. The number of hydrogen-bond acceptors (Lipinski definition) is 4. The van der Waals surface area contributed by atoms with Crippen LogP contribution in [0.1, 0.15) is 40.0 Å². The molecule has 0 aromatic heterocycles. The molecule has 4 heteroatoms. The maximum absolute atomic E-state index is 12.0. The molecule has 4 nitrogen and oxygen atoms in total. The zero-order valence-corrected chi connectivity index (χ0v) is 12.7. The zero-order valence-electron chi connectivity index (χ0n) is 12.7. The Bertz CT molecular complexity index is 479. The van der Waals surface area contributed by atoms with Crippen molar-refractivity contribution >= 4 is 5.97 Å². The molecule has 3 rings (SSSR count). The molecule has 2 fully saturated rings. The number of aliphatic hydroxyl groups is 1. The molecule has 1 saturated heterocycles. The molecular weight excluding hydrogens is 256 g/mol. The van der Waals surface area contributed by atoms with Crippen LogP contribution in [0.25, 0.3) is 0 Å². The Kier molecular flexibility index (Phi) is 2.95. The maximum atomic E-state index is 12.0. The molecule has 0 radical (unpaired) electrons. The predicted molar refractivity (Wildman–Crippen MR) is 73.7 cm³/mol. The van der Waals surface area contributed by atoms with Gasteiger partial charge in [0, 0.05) is 11.8 Å². The van der Waals surface area contributed by atoms with Crippen LogP contribution in [-0.2, 0) is 14.3 Å². The Morgan fingerprint density at radius 1 is 1.30 bits per heavy atom. The van der Waals surface area contributed by atoms with Crippen molar-refractivity contribution in [1.29, 1.82) is 0 Å². The molecule has 1 heterocycles. The van der Waals surface area contributed by atoms with Gasteiger partial charge >= 0.3 is 5.97 Å². The van der Waals surface area contributed by atoms with Crippen LogP contribution in [-0.4, -0.2) is 30.9 Å². The molecule has 112 valence electrons. The molecule has 0 bridgehead atoms. The fourth-order valence-electron chi connectivity index (χ4n) is 5.10. The first-order valence-electron chi connectivity index (χ1n) is 7.46. The number of ether oxygens (including phenoxy) is 2. The summed E-state index contributed by atoms with van der Waals surface area (Å²) in [5.74, 6) is 0.281. The lowest BCUT2D eigenvalue weighted by Gasteiger charge is -2.57. The summed E-state index contributed by atoms with van der Waals surface area (Å²) in [6.07, 6.45) is 2.54. The summed E-state index contributed by atoms with van der Waals surface area (Å²) >= 11 is 0. The van der Waals surface area contributed by atoms with E-state index >= 15 is 0 Å². The number of esters is 1. The molecule has 0 aromatic rings. The van der Waals surface area contributed by atoms with Gasteiger partial charge in [0.25, 0.3) is 0 Å². The fourth-order valence-corrected chi connectivity index (χ4v) is 5.10. The van der Waals surface area contributed by atoms with Crippen molar-refractivity contribution in [2.45, 2.75) is 46.1 Å². The number of hydrogen-bond donors (Lipinski definition) is 1. The lowest BCUT2D eigenvalue weighted by Crippen LogP contribution is -2.56.